The number of carbonyl (C=O) groups is 2. The van der Waals surface area contributed by atoms with Crippen molar-refractivity contribution in [3.8, 4) is 0 Å². The quantitative estimate of drug-likeness (QED) is 0.653. The third-order valence-corrected chi connectivity index (χ3v) is 4.35. The fourth-order valence-corrected chi connectivity index (χ4v) is 2.93. The Kier molecular flexibility index (Phi) is 7.64. The molecule has 158 valence electrons. The monoisotopic (exact) mass is 402 g/mol. The molecule has 1 fully saturated rings. The first-order chi connectivity index (χ1) is 13.6. The number of nitrogens with one attached hydrogen (secondary N) is 2. The van der Waals surface area contributed by atoms with Gasteiger partial charge in [-0.1, -0.05) is 30.3 Å². The van der Waals surface area contributed by atoms with Crippen LogP contribution in [0.15, 0.2) is 42.2 Å². The average molecular weight is 402 g/mol. The molecule has 0 spiro atoms. The molecule has 8 heteroatoms. The molecule has 0 bridgehead atoms. The maximum Gasteiger partial charge on any atom is 0.413 e. The van der Waals surface area contributed by atoms with E-state index >= 15 is 0 Å². The van der Waals surface area contributed by atoms with Gasteiger partial charge in [0.1, 0.15) is 18.0 Å². The van der Waals surface area contributed by atoms with Gasteiger partial charge < -0.3 is 25.5 Å². The van der Waals surface area contributed by atoms with Crippen LogP contribution in [0, 0.1) is 11.3 Å². The number of nitrogens with two attached hydrogens (primary N) is 1. The van der Waals surface area contributed by atoms with Crippen molar-refractivity contribution in [3.63, 3.8) is 0 Å². The average Bonchev–Trinajstić information content (AvgIpc) is 2.65. The van der Waals surface area contributed by atoms with Gasteiger partial charge in [0.2, 0.25) is 0 Å². The van der Waals surface area contributed by atoms with Gasteiger partial charge in [0.15, 0.2) is 0 Å². The summed E-state index contributed by atoms with van der Waals surface area (Å²) in [5.41, 5.74) is 6.43. The van der Waals surface area contributed by atoms with Crippen LogP contribution in [0.4, 0.5) is 9.59 Å². The summed E-state index contributed by atoms with van der Waals surface area (Å²) in [6.45, 7) is 6.53. The molecule has 0 aromatic heterocycles. The van der Waals surface area contributed by atoms with E-state index in [1.165, 1.54) is 6.08 Å². The molecule has 0 aliphatic carbocycles. The largest absolute Gasteiger partial charge is 0.445 e. The highest BCUT2D eigenvalue weighted by molar-refractivity contribution is 5.95. The molecule has 0 radical (unpaired) electrons. The summed E-state index contributed by atoms with van der Waals surface area (Å²) in [6.07, 6.45) is 1.69. The van der Waals surface area contributed by atoms with E-state index in [4.69, 9.17) is 20.6 Å². The molecular weight excluding hydrogens is 372 g/mol. The standard InChI is InChI=1S/C21H30N4O4/c1-21(2,3)29-19(26)24-18(23)13-17(22)16-9-11-25(12-10-16)20(27)28-14-15-7-5-4-6-8-15/h4-8,13,16,22H,9-12,14,23H2,1-3H3,(H,24,26)/b18-13+,22-17?. The second kappa shape index (κ2) is 9.95. The highest BCUT2D eigenvalue weighted by atomic mass is 16.6. The number of likely N-dealkylation sites (tertiary alicyclic amines) is 1. The Morgan fingerprint density at radius 2 is 1.86 bits per heavy atom. The summed E-state index contributed by atoms with van der Waals surface area (Å²) in [7, 11) is 0. The zero-order valence-corrected chi connectivity index (χ0v) is 17.2. The highest BCUT2D eigenvalue weighted by Crippen LogP contribution is 2.20. The van der Waals surface area contributed by atoms with Crippen LogP contribution < -0.4 is 11.1 Å². The van der Waals surface area contributed by atoms with E-state index in [0.29, 0.717) is 31.6 Å². The van der Waals surface area contributed by atoms with Crippen molar-refractivity contribution in [3.05, 3.63) is 47.8 Å². The van der Waals surface area contributed by atoms with Crippen molar-refractivity contribution in [2.75, 3.05) is 13.1 Å². The van der Waals surface area contributed by atoms with Gasteiger partial charge in [-0.05, 0) is 45.3 Å². The third-order valence-electron chi connectivity index (χ3n) is 4.35. The molecule has 1 aliphatic rings. The maximum atomic E-state index is 12.2. The summed E-state index contributed by atoms with van der Waals surface area (Å²) in [6, 6.07) is 9.52. The second-order valence-electron chi connectivity index (χ2n) is 7.98. The SMILES string of the molecule is CC(C)(C)OC(=O)N/C(N)=C/C(=N)C1CCN(C(=O)OCc2ccccc2)CC1. The highest BCUT2D eigenvalue weighted by Gasteiger charge is 2.26. The minimum atomic E-state index is -0.657. The van der Waals surface area contributed by atoms with Crippen LogP contribution in [0.2, 0.25) is 0 Å². The fourth-order valence-electron chi connectivity index (χ4n) is 2.93. The molecule has 1 aromatic carbocycles. The molecule has 8 nitrogen and oxygen atoms in total. The third kappa shape index (κ3) is 7.85. The Labute approximate surface area is 171 Å². The molecule has 0 unspecified atom stereocenters. The zero-order valence-electron chi connectivity index (χ0n) is 17.2. The van der Waals surface area contributed by atoms with Crippen LogP contribution in [0.1, 0.15) is 39.2 Å². The lowest BCUT2D eigenvalue weighted by Gasteiger charge is -2.31. The van der Waals surface area contributed by atoms with Crippen molar-refractivity contribution < 1.29 is 19.1 Å². The van der Waals surface area contributed by atoms with Gasteiger partial charge in [-0.3, -0.25) is 5.32 Å². The minimum Gasteiger partial charge on any atom is -0.445 e. The van der Waals surface area contributed by atoms with Crippen molar-refractivity contribution in [2.24, 2.45) is 11.7 Å². The van der Waals surface area contributed by atoms with E-state index in [9.17, 15) is 9.59 Å². The molecule has 0 atom stereocenters. The first kappa shape index (κ1) is 22.3. The lowest BCUT2D eigenvalue weighted by molar-refractivity contribution is 0.0545. The van der Waals surface area contributed by atoms with Crippen LogP contribution in [-0.2, 0) is 16.1 Å². The summed E-state index contributed by atoms with van der Waals surface area (Å²) in [4.78, 5) is 25.6. The van der Waals surface area contributed by atoms with E-state index < -0.39 is 11.7 Å². The Hall–Kier alpha value is -3.03. The molecular formula is C21H30N4O4. The van der Waals surface area contributed by atoms with Crippen molar-refractivity contribution in [2.45, 2.75) is 45.8 Å². The smallest absolute Gasteiger partial charge is 0.413 e. The zero-order chi connectivity index (χ0) is 21.4. The second-order valence-corrected chi connectivity index (χ2v) is 7.98. The predicted molar refractivity (Wildman–Crippen MR) is 110 cm³/mol. The first-order valence-electron chi connectivity index (χ1n) is 9.65. The summed E-state index contributed by atoms with van der Waals surface area (Å²) in [5.74, 6) is 0.0288. The number of nitrogens with zero attached hydrogens (tertiary/aromatic N) is 1. The number of allylic oxidation sites excluding steroid dienone is 1. The number of benzene rings is 1. The summed E-state index contributed by atoms with van der Waals surface area (Å²) >= 11 is 0. The van der Waals surface area contributed by atoms with Crippen LogP contribution in [0.3, 0.4) is 0 Å². The van der Waals surface area contributed by atoms with Gasteiger partial charge in [0.25, 0.3) is 0 Å². The molecule has 2 rings (SSSR count). The number of carbonyl (C=O) groups excluding carboxylic acids is 2. The Balaban J connectivity index is 1.76. The van der Waals surface area contributed by atoms with Crippen LogP contribution in [-0.4, -0.2) is 41.5 Å². The number of hydrogen-bond acceptors (Lipinski definition) is 6. The van der Waals surface area contributed by atoms with Gasteiger partial charge in [-0.15, -0.1) is 0 Å². The number of ether oxygens (including phenoxy) is 2. The Morgan fingerprint density at radius 3 is 2.45 bits per heavy atom. The van der Waals surface area contributed by atoms with Crippen molar-refractivity contribution >= 4 is 17.9 Å². The number of hydrogen-bond donors (Lipinski definition) is 3. The van der Waals surface area contributed by atoms with Gasteiger partial charge >= 0.3 is 12.2 Å². The molecule has 4 N–H and O–H groups in total. The molecule has 2 amide bonds. The minimum absolute atomic E-state index is 0.0350. The van der Waals surface area contributed by atoms with E-state index in [0.717, 1.165) is 5.56 Å². The van der Waals surface area contributed by atoms with Crippen LogP contribution in [0.5, 0.6) is 0 Å². The molecule has 29 heavy (non-hydrogen) atoms. The summed E-state index contributed by atoms with van der Waals surface area (Å²) in [5, 5.41) is 10.6. The van der Waals surface area contributed by atoms with Gasteiger partial charge in [0.05, 0.1) is 0 Å². The Bertz CT molecular complexity index is 748. The Morgan fingerprint density at radius 1 is 1.24 bits per heavy atom. The molecule has 1 saturated heterocycles. The normalized spacial score (nSPS) is 15.6. The topological polar surface area (TPSA) is 118 Å². The lowest BCUT2D eigenvalue weighted by atomic mass is 9.92. The molecule has 1 aromatic rings. The number of amides is 2. The van der Waals surface area contributed by atoms with Crippen molar-refractivity contribution in [1.29, 1.82) is 5.41 Å². The number of rotatable bonds is 5. The van der Waals surface area contributed by atoms with E-state index in [-0.39, 0.29) is 24.4 Å². The van der Waals surface area contributed by atoms with Gasteiger partial charge in [-0.2, -0.15) is 0 Å². The fraction of sp³-hybridized carbons (Fsp3) is 0.476. The van der Waals surface area contributed by atoms with Gasteiger partial charge in [0, 0.05) is 24.7 Å². The predicted octanol–water partition coefficient (Wildman–Crippen LogP) is 3.38. The van der Waals surface area contributed by atoms with Crippen LogP contribution >= 0.6 is 0 Å². The van der Waals surface area contributed by atoms with Gasteiger partial charge in [-0.25, -0.2) is 9.59 Å². The van der Waals surface area contributed by atoms with Crippen LogP contribution in [0.25, 0.3) is 0 Å². The number of alkyl carbamates (subject to hydrolysis) is 1. The van der Waals surface area contributed by atoms with Crippen molar-refractivity contribution in [1.82, 2.24) is 10.2 Å². The maximum absolute atomic E-state index is 12.2. The van der Waals surface area contributed by atoms with E-state index in [1.54, 1.807) is 25.7 Å². The number of piperidine rings is 1. The molecule has 0 saturated carbocycles. The van der Waals surface area contributed by atoms with E-state index in [1.807, 2.05) is 30.3 Å². The first-order valence-corrected chi connectivity index (χ1v) is 9.65. The van der Waals surface area contributed by atoms with E-state index in [2.05, 4.69) is 5.32 Å². The lowest BCUT2D eigenvalue weighted by Crippen LogP contribution is -2.40. The summed E-state index contributed by atoms with van der Waals surface area (Å²) < 4.78 is 10.5. The molecule has 1 aliphatic heterocycles. The molecule has 1 heterocycles.